The van der Waals surface area contributed by atoms with E-state index in [1.54, 1.807) is 13.4 Å². The number of para-hydroxylation sites is 3. The fourth-order valence-corrected chi connectivity index (χ4v) is 3.61. The summed E-state index contributed by atoms with van der Waals surface area (Å²) in [6, 6.07) is 14.0. The van der Waals surface area contributed by atoms with Gasteiger partial charge in [-0.3, -0.25) is 4.79 Å². The summed E-state index contributed by atoms with van der Waals surface area (Å²) >= 11 is 0. The Morgan fingerprint density at radius 2 is 2.00 bits per heavy atom. The lowest BCUT2D eigenvalue weighted by molar-refractivity contribution is -0.119. The topological polar surface area (TPSA) is 47.4 Å². The minimum Gasteiger partial charge on any atom is -0.383 e. The van der Waals surface area contributed by atoms with Crippen LogP contribution in [0.5, 0.6) is 0 Å². The van der Waals surface area contributed by atoms with Gasteiger partial charge in [-0.1, -0.05) is 37.3 Å². The number of amides is 1. The number of nitrogens with zero attached hydrogens (tertiary/aromatic N) is 3. The average molecular weight is 365 g/mol. The Bertz CT molecular complexity index is 932. The van der Waals surface area contributed by atoms with Gasteiger partial charge in [-0.05, 0) is 43.5 Å². The molecule has 0 spiro atoms. The number of rotatable bonds is 7. The fraction of sp³-hybridized carbons (Fsp3) is 0.364. The zero-order valence-electron chi connectivity index (χ0n) is 16.5. The molecule has 2 aromatic carbocycles. The molecular weight excluding hydrogens is 338 g/mol. The van der Waals surface area contributed by atoms with Gasteiger partial charge in [0, 0.05) is 7.11 Å². The molecular formula is C22H27N3O2. The number of imidazole rings is 1. The maximum atomic E-state index is 13.4. The minimum atomic E-state index is -0.0660. The number of anilines is 1. The van der Waals surface area contributed by atoms with Crippen molar-refractivity contribution in [2.24, 2.45) is 0 Å². The van der Waals surface area contributed by atoms with Gasteiger partial charge in [-0.25, -0.2) is 4.98 Å². The second-order valence-electron chi connectivity index (χ2n) is 6.87. The van der Waals surface area contributed by atoms with Crippen molar-refractivity contribution in [3.05, 3.63) is 59.9 Å². The van der Waals surface area contributed by atoms with E-state index in [9.17, 15) is 4.79 Å². The van der Waals surface area contributed by atoms with Crippen molar-refractivity contribution < 1.29 is 9.53 Å². The van der Waals surface area contributed by atoms with Crippen LogP contribution in [0.2, 0.25) is 0 Å². The summed E-state index contributed by atoms with van der Waals surface area (Å²) in [5, 5.41) is 0. The van der Waals surface area contributed by atoms with Gasteiger partial charge in [-0.2, -0.15) is 0 Å². The highest BCUT2D eigenvalue weighted by Gasteiger charge is 2.26. The molecule has 27 heavy (non-hydrogen) atoms. The number of hydrogen-bond acceptors (Lipinski definition) is 3. The molecule has 1 aromatic heterocycles. The smallest absolute Gasteiger partial charge is 0.247 e. The number of methoxy groups -OCH3 is 1. The minimum absolute atomic E-state index is 0.0340. The predicted octanol–water partition coefficient (Wildman–Crippen LogP) is 3.98. The van der Waals surface area contributed by atoms with E-state index in [0.29, 0.717) is 6.61 Å². The van der Waals surface area contributed by atoms with Gasteiger partial charge in [0.15, 0.2) is 0 Å². The Morgan fingerprint density at radius 1 is 1.22 bits per heavy atom. The van der Waals surface area contributed by atoms with E-state index in [4.69, 9.17) is 4.74 Å². The first-order chi connectivity index (χ1) is 13.1. The zero-order chi connectivity index (χ0) is 19.4. The molecule has 5 heteroatoms. The van der Waals surface area contributed by atoms with E-state index in [0.717, 1.165) is 28.7 Å². The second kappa shape index (κ2) is 8.35. The number of ether oxygens (including phenoxy) is 1. The molecule has 0 saturated carbocycles. The van der Waals surface area contributed by atoms with Crippen LogP contribution in [0, 0.1) is 6.92 Å². The number of carbonyl (C=O) groups is 1. The van der Waals surface area contributed by atoms with Crippen molar-refractivity contribution in [3.63, 3.8) is 0 Å². The third-order valence-electron chi connectivity index (χ3n) is 4.89. The first-order valence-corrected chi connectivity index (χ1v) is 9.36. The van der Waals surface area contributed by atoms with Crippen LogP contribution in [0.1, 0.15) is 25.0 Å². The molecule has 142 valence electrons. The van der Waals surface area contributed by atoms with Gasteiger partial charge in [0.05, 0.1) is 35.7 Å². The predicted molar refractivity (Wildman–Crippen MR) is 109 cm³/mol. The Labute approximate surface area is 160 Å². The second-order valence-corrected chi connectivity index (χ2v) is 6.87. The maximum absolute atomic E-state index is 13.4. The van der Waals surface area contributed by atoms with Crippen LogP contribution in [-0.4, -0.2) is 35.2 Å². The van der Waals surface area contributed by atoms with Gasteiger partial charge in [0.25, 0.3) is 0 Å². The fourth-order valence-electron chi connectivity index (χ4n) is 3.61. The zero-order valence-corrected chi connectivity index (χ0v) is 16.5. The lowest BCUT2D eigenvalue weighted by atomic mass is 10.0. The molecule has 0 aliphatic heterocycles. The molecule has 0 aliphatic rings. The molecule has 3 rings (SSSR count). The Kier molecular flexibility index (Phi) is 5.91. The molecule has 5 nitrogen and oxygen atoms in total. The third-order valence-corrected chi connectivity index (χ3v) is 4.89. The summed E-state index contributed by atoms with van der Waals surface area (Å²) in [6.45, 7) is 6.92. The van der Waals surface area contributed by atoms with Gasteiger partial charge in [0.2, 0.25) is 5.91 Å². The molecule has 1 heterocycles. The van der Waals surface area contributed by atoms with E-state index in [2.05, 4.69) is 31.0 Å². The number of aryl methyl sites for hydroxylation is 2. The van der Waals surface area contributed by atoms with Crippen LogP contribution in [0.4, 0.5) is 5.69 Å². The molecule has 3 aromatic rings. The van der Waals surface area contributed by atoms with Gasteiger partial charge < -0.3 is 14.2 Å². The van der Waals surface area contributed by atoms with Crippen LogP contribution >= 0.6 is 0 Å². The number of fused-ring (bicyclic) bond motifs is 1. The Morgan fingerprint density at radius 3 is 2.74 bits per heavy atom. The lowest BCUT2D eigenvalue weighted by Crippen LogP contribution is -2.44. The van der Waals surface area contributed by atoms with Gasteiger partial charge in [0.1, 0.15) is 6.54 Å². The summed E-state index contributed by atoms with van der Waals surface area (Å²) in [6.07, 6.45) is 2.61. The van der Waals surface area contributed by atoms with Crippen molar-refractivity contribution in [3.8, 4) is 0 Å². The summed E-state index contributed by atoms with van der Waals surface area (Å²) in [5.74, 6) is 0.0340. The molecule has 0 unspecified atom stereocenters. The standard InChI is InChI=1S/C22H27N3O2/c1-5-18-10-8-9-16(2)22(18)25(17(3)14-27-4)21(26)13-24-15-23-19-11-6-7-12-20(19)24/h6-12,15,17H,5,13-14H2,1-4H3/t17-/m1/s1. The first kappa shape index (κ1) is 19.1. The van der Waals surface area contributed by atoms with Crippen LogP contribution < -0.4 is 4.90 Å². The molecule has 0 N–H and O–H groups in total. The maximum Gasteiger partial charge on any atom is 0.247 e. The van der Waals surface area contributed by atoms with E-state index < -0.39 is 0 Å². The highest BCUT2D eigenvalue weighted by Crippen LogP contribution is 2.28. The van der Waals surface area contributed by atoms with E-state index >= 15 is 0 Å². The molecule has 0 bridgehead atoms. The first-order valence-electron chi connectivity index (χ1n) is 9.36. The van der Waals surface area contributed by atoms with Crippen LogP contribution in [0.15, 0.2) is 48.8 Å². The van der Waals surface area contributed by atoms with Crippen molar-refractivity contribution >= 4 is 22.6 Å². The Hall–Kier alpha value is -2.66. The number of aromatic nitrogens is 2. The molecule has 1 amide bonds. The third kappa shape index (κ3) is 3.88. The summed E-state index contributed by atoms with van der Waals surface area (Å²) in [5.41, 5.74) is 5.12. The molecule has 0 aliphatic carbocycles. The van der Waals surface area contributed by atoms with Crippen LogP contribution in [-0.2, 0) is 22.5 Å². The van der Waals surface area contributed by atoms with Gasteiger partial charge >= 0.3 is 0 Å². The van der Waals surface area contributed by atoms with Crippen molar-refractivity contribution in [2.45, 2.75) is 39.8 Å². The highest BCUT2D eigenvalue weighted by molar-refractivity contribution is 5.96. The highest BCUT2D eigenvalue weighted by atomic mass is 16.5. The molecule has 1 atom stereocenters. The summed E-state index contributed by atoms with van der Waals surface area (Å²) in [7, 11) is 1.67. The number of benzene rings is 2. The largest absolute Gasteiger partial charge is 0.383 e. The summed E-state index contributed by atoms with van der Waals surface area (Å²) in [4.78, 5) is 19.7. The Balaban J connectivity index is 2.00. The van der Waals surface area contributed by atoms with Crippen LogP contribution in [0.3, 0.4) is 0 Å². The lowest BCUT2D eigenvalue weighted by Gasteiger charge is -2.32. The average Bonchev–Trinajstić information content (AvgIpc) is 3.06. The molecule has 0 saturated heterocycles. The molecule has 0 fully saturated rings. The normalized spacial score (nSPS) is 12.3. The van der Waals surface area contributed by atoms with Gasteiger partial charge in [-0.15, -0.1) is 0 Å². The van der Waals surface area contributed by atoms with E-state index in [1.165, 1.54) is 5.56 Å². The van der Waals surface area contributed by atoms with E-state index in [1.807, 2.05) is 46.7 Å². The van der Waals surface area contributed by atoms with Crippen molar-refractivity contribution in [2.75, 3.05) is 18.6 Å². The number of carbonyl (C=O) groups excluding carboxylic acids is 1. The SMILES string of the molecule is CCc1cccc(C)c1N(C(=O)Cn1cnc2ccccc21)[C@H](C)COC. The van der Waals surface area contributed by atoms with Crippen molar-refractivity contribution in [1.29, 1.82) is 0 Å². The molecule has 0 radical (unpaired) electrons. The monoisotopic (exact) mass is 365 g/mol. The summed E-state index contributed by atoms with van der Waals surface area (Å²) < 4.78 is 7.27. The van der Waals surface area contributed by atoms with Crippen LogP contribution in [0.25, 0.3) is 11.0 Å². The van der Waals surface area contributed by atoms with Crippen molar-refractivity contribution in [1.82, 2.24) is 9.55 Å². The quantitative estimate of drug-likeness (QED) is 0.636. The van der Waals surface area contributed by atoms with E-state index in [-0.39, 0.29) is 18.5 Å². The number of hydrogen-bond donors (Lipinski definition) is 0.